The fourth-order valence-corrected chi connectivity index (χ4v) is 9.90. The molecule has 2 N–H and O–H groups in total. The van der Waals surface area contributed by atoms with Crippen molar-refractivity contribution in [1.29, 1.82) is 0 Å². The number of aromatic hydroxyl groups is 2. The number of nitrogens with zero attached hydrogens (tertiary/aromatic N) is 10. The average molecular weight is 861 g/mol. The molecule has 0 spiro atoms. The number of carbonyl (C=O) groups is 2. The molecule has 2 aliphatic rings. The first-order valence-corrected chi connectivity index (χ1v) is 22.1. The van der Waals surface area contributed by atoms with Crippen LogP contribution in [0.2, 0.25) is 0 Å². The van der Waals surface area contributed by atoms with Gasteiger partial charge in [0.15, 0.2) is 11.6 Å². The SMILES string of the molecule is CC1CN(c2ccc(-c3ccc(-c4nc(O)c5scc(C(=O)N6CCN(Cc7ccccc7)CC6)c5n4)nc3)cc2)CCN1C(=O)c1csc2c(O)nc(-c3ccccn3)nc12. The van der Waals surface area contributed by atoms with E-state index in [0.717, 1.165) is 36.4 Å². The van der Waals surface area contributed by atoms with Crippen LogP contribution in [0.5, 0.6) is 11.8 Å². The van der Waals surface area contributed by atoms with Crippen molar-refractivity contribution in [3.63, 3.8) is 0 Å². The van der Waals surface area contributed by atoms with Crippen LogP contribution in [0.25, 0.3) is 54.6 Å². The van der Waals surface area contributed by atoms with Crippen molar-refractivity contribution < 1.29 is 19.8 Å². The van der Waals surface area contributed by atoms with Crippen molar-refractivity contribution in [3.05, 3.63) is 125 Å². The van der Waals surface area contributed by atoms with Gasteiger partial charge in [0.2, 0.25) is 11.8 Å². The van der Waals surface area contributed by atoms with Gasteiger partial charge in [0.1, 0.15) is 31.8 Å². The molecule has 2 aromatic carbocycles. The number of piperazine rings is 2. The number of carbonyl (C=O) groups excluding carboxylic acids is 2. The Morgan fingerprint density at radius 3 is 1.90 bits per heavy atom. The van der Waals surface area contributed by atoms with Crippen LogP contribution in [-0.4, -0.2) is 118 Å². The van der Waals surface area contributed by atoms with Crippen molar-refractivity contribution in [2.45, 2.75) is 19.5 Å². The molecule has 10 rings (SSSR count). The van der Waals surface area contributed by atoms with E-state index in [0.29, 0.717) is 75.7 Å². The lowest BCUT2D eigenvalue weighted by atomic mass is 10.1. The number of hydrogen-bond donors (Lipinski definition) is 2. The minimum Gasteiger partial charge on any atom is -0.492 e. The largest absolute Gasteiger partial charge is 0.492 e. The van der Waals surface area contributed by atoms with E-state index in [-0.39, 0.29) is 41.3 Å². The summed E-state index contributed by atoms with van der Waals surface area (Å²) in [6.45, 7) is 7.48. The molecule has 1 atom stereocenters. The van der Waals surface area contributed by atoms with Crippen LogP contribution in [0.3, 0.4) is 0 Å². The number of fused-ring (bicyclic) bond motifs is 2. The summed E-state index contributed by atoms with van der Waals surface area (Å²) in [6, 6.07) is 27.7. The first-order valence-electron chi connectivity index (χ1n) is 20.3. The highest BCUT2D eigenvalue weighted by Crippen LogP contribution is 2.36. The van der Waals surface area contributed by atoms with E-state index in [2.05, 4.69) is 71.1 Å². The van der Waals surface area contributed by atoms with E-state index >= 15 is 0 Å². The summed E-state index contributed by atoms with van der Waals surface area (Å²) in [4.78, 5) is 63.0. The van der Waals surface area contributed by atoms with Crippen molar-refractivity contribution >= 4 is 60.6 Å². The van der Waals surface area contributed by atoms with E-state index in [1.165, 1.54) is 28.2 Å². The smallest absolute Gasteiger partial charge is 0.257 e. The third-order valence-corrected chi connectivity index (χ3v) is 13.4. The third-order valence-electron chi connectivity index (χ3n) is 11.5. The predicted octanol–water partition coefficient (Wildman–Crippen LogP) is 7.21. The highest BCUT2D eigenvalue weighted by Gasteiger charge is 2.31. The van der Waals surface area contributed by atoms with Gasteiger partial charge in [-0.25, -0.2) is 9.97 Å². The molecule has 0 bridgehead atoms. The Kier molecular flexibility index (Phi) is 10.5. The summed E-state index contributed by atoms with van der Waals surface area (Å²) in [5.41, 5.74) is 6.93. The van der Waals surface area contributed by atoms with Gasteiger partial charge < -0.3 is 24.9 Å². The molecule has 14 nitrogen and oxygen atoms in total. The van der Waals surface area contributed by atoms with Gasteiger partial charge in [-0.3, -0.25) is 24.5 Å². The van der Waals surface area contributed by atoms with E-state index < -0.39 is 0 Å². The van der Waals surface area contributed by atoms with Crippen LogP contribution in [0.1, 0.15) is 33.2 Å². The number of anilines is 1. The van der Waals surface area contributed by atoms with Gasteiger partial charge in [-0.2, -0.15) is 9.97 Å². The molecule has 0 saturated carbocycles. The van der Waals surface area contributed by atoms with E-state index in [1.807, 2.05) is 53.1 Å². The Morgan fingerprint density at radius 2 is 1.29 bits per heavy atom. The second-order valence-electron chi connectivity index (χ2n) is 15.4. The van der Waals surface area contributed by atoms with Crippen molar-refractivity contribution in [3.8, 4) is 45.9 Å². The molecule has 2 amide bonds. The lowest BCUT2D eigenvalue weighted by Gasteiger charge is -2.41. The number of thiophene rings is 2. The van der Waals surface area contributed by atoms with E-state index in [9.17, 15) is 19.8 Å². The van der Waals surface area contributed by atoms with Crippen LogP contribution in [0, 0.1) is 0 Å². The summed E-state index contributed by atoms with van der Waals surface area (Å²) < 4.78 is 0.945. The summed E-state index contributed by atoms with van der Waals surface area (Å²) in [5.74, 6) is -0.0554. The molecular formula is C46H40N10O4S2. The third kappa shape index (κ3) is 7.56. The Bertz CT molecular complexity index is 2920. The lowest BCUT2D eigenvalue weighted by Crippen LogP contribution is -2.54. The minimum absolute atomic E-state index is 0.0848. The second kappa shape index (κ2) is 16.5. The quantitative estimate of drug-likeness (QED) is 0.158. The van der Waals surface area contributed by atoms with Crippen LogP contribution < -0.4 is 4.90 Å². The molecule has 16 heteroatoms. The van der Waals surface area contributed by atoms with E-state index in [4.69, 9.17) is 4.98 Å². The molecule has 0 radical (unpaired) electrons. The molecular weight excluding hydrogens is 821 g/mol. The maximum atomic E-state index is 13.9. The molecule has 6 aromatic heterocycles. The molecule has 1 unspecified atom stereocenters. The second-order valence-corrected chi connectivity index (χ2v) is 17.2. The van der Waals surface area contributed by atoms with Gasteiger partial charge in [-0.05, 0) is 48.4 Å². The fraction of sp³-hybridized carbons (Fsp3) is 0.217. The monoisotopic (exact) mass is 860 g/mol. The molecule has 2 saturated heterocycles. The van der Waals surface area contributed by atoms with Gasteiger partial charge >= 0.3 is 0 Å². The Labute approximate surface area is 364 Å². The van der Waals surface area contributed by atoms with Crippen LogP contribution >= 0.6 is 22.7 Å². The number of aromatic nitrogens is 6. The first kappa shape index (κ1) is 39.3. The molecule has 0 aliphatic carbocycles. The van der Waals surface area contributed by atoms with Crippen molar-refractivity contribution in [1.82, 2.24) is 44.6 Å². The maximum absolute atomic E-state index is 13.9. The number of rotatable bonds is 8. The van der Waals surface area contributed by atoms with Gasteiger partial charge in [0.25, 0.3) is 11.8 Å². The number of benzene rings is 2. The van der Waals surface area contributed by atoms with Crippen molar-refractivity contribution in [2.24, 2.45) is 0 Å². The zero-order valence-corrected chi connectivity index (χ0v) is 35.3. The molecule has 2 aliphatic heterocycles. The predicted molar refractivity (Wildman–Crippen MR) is 240 cm³/mol. The standard InChI is InChI=1S/C46H40N10O4S2/c1-28-24-55(21-22-56(28)46(60)34-27-62-40-38(34)50-41(51-44(40)58)35-9-5-6-16-47-35)32-13-10-30(11-14-32)31-12-15-36(48-23-31)42-49-37-33(26-61-39(37)43(57)52-42)45(59)54-19-17-53(18-20-54)25-29-7-3-2-4-8-29/h2-16,23,26-28H,17-22,24-25H2,1H3,(H,49,52,57)(H,50,51,58). The zero-order chi connectivity index (χ0) is 42.3. The number of pyridine rings is 2. The van der Waals surface area contributed by atoms with Crippen LogP contribution in [-0.2, 0) is 6.54 Å². The first-order chi connectivity index (χ1) is 30.3. The lowest BCUT2D eigenvalue weighted by molar-refractivity contribution is 0.0629. The maximum Gasteiger partial charge on any atom is 0.257 e. The topological polar surface area (TPSA) is 165 Å². The van der Waals surface area contributed by atoms with E-state index in [1.54, 1.807) is 35.3 Å². The normalized spacial score (nSPS) is 16.0. The molecule has 8 heterocycles. The average Bonchev–Trinajstić information content (AvgIpc) is 3.95. The molecule has 8 aromatic rings. The minimum atomic E-state index is -0.173. The Morgan fingerprint density at radius 1 is 0.661 bits per heavy atom. The van der Waals surface area contributed by atoms with Gasteiger partial charge in [0.05, 0.1) is 11.1 Å². The summed E-state index contributed by atoms with van der Waals surface area (Å²) in [5, 5.41) is 25.1. The van der Waals surface area contributed by atoms with Crippen LogP contribution in [0.15, 0.2) is 108 Å². The van der Waals surface area contributed by atoms with Gasteiger partial charge in [-0.1, -0.05) is 54.6 Å². The Balaban J connectivity index is 0.791. The fourth-order valence-electron chi connectivity index (χ4n) is 8.17. The van der Waals surface area contributed by atoms with Crippen molar-refractivity contribution in [2.75, 3.05) is 50.7 Å². The van der Waals surface area contributed by atoms with Crippen LogP contribution in [0.4, 0.5) is 5.69 Å². The number of amides is 2. The zero-order valence-electron chi connectivity index (χ0n) is 33.6. The molecule has 62 heavy (non-hydrogen) atoms. The number of hydrogen-bond acceptors (Lipinski definition) is 14. The van der Waals surface area contributed by atoms with Gasteiger partial charge in [-0.15, -0.1) is 22.7 Å². The summed E-state index contributed by atoms with van der Waals surface area (Å²) in [6.07, 6.45) is 3.39. The van der Waals surface area contributed by atoms with Gasteiger partial charge in [0, 0.05) is 92.8 Å². The summed E-state index contributed by atoms with van der Waals surface area (Å²) in [7, 11) is 0. The highest BCUT2D eigenvalue weighted by atomic mass is 32.1. The highest BCUT2D eigenvalue weighted by molar-refractivity contribution is 7.18. The Hall–Kier alpha value is -6.88. The molecule has 310 valence electrons. The summed E-state index contributed by atoms with van der Waals surface area (Å²) >= 11 is 2.52. The molecule has 2 fully saturated rings.